The van der Waals surface area contributed by atoms with Crippen LogP contribution in [0.5, 0.6) is 11.5 Å². The summed E-state index contributed by atoms with van der Waals surface area (Å²) in [5, 5.41) is 0.695. The van der Waals surface area contributed by atoms with Gasteiger partial charge in [0.1, 0.15) is 11.5 Å². The maximum absolute atomic E-state index is 13.7. The van der Waals surface area contributed by atoms with Crippen LogP contribution in [0.4, 0.5) is 0 Å². The van der Waals surface area contributed by atoms with Gasteiger partial charge in [-0.15, -0.1) is 0 Å². The first-order chi connectivity index (χ1) is 18.9. The van der Waals surface area contributed by atoms with Crippen LogP contribution >= 0.6 is 43.5 Å². The number of hydrogen-bond donors (Lipinski definition) is 0. The summed E-state index contributed by atoms with van der Waals surface area (Å²) in [6, 6.07) is 19.2. The minimum absolute atomic E-state index is 0.0222. The van der Waals surface area contributed by atoms with Gasteiger partial charge in [-0.3, -0.25) is 9.69 Å². The van der Waals surface area contributed by atoms with E-state index in [0.29, 0.717) is 47.3 Å². The van der Waals surface area contributed by atoms with E-state index in [1.165, 1.54) is 0 Å². The average molecular weight is 678 g/mol. The Balaban J connectivity index is 1.64. The number of likely N-dealkylation sites (tertiary alicyclic amines) is 1. The zero-order valence-corrected chi connectivity index (χ0v) is 25.5. The predicted octanol–water partition coefficient (Wildman–Crippen LogP) is 7.38. The standard InChI is InChI=1S/C30H28Br2ClNO5/c1-36-18-38-28-9-5-21(13-26(28)31)11-23-16-34(15-20-3-7-25(33)8-4-20)17-24(30(23)35)12-22-6-10-29(27(32)14-22)39-19-37-2/h3-14H,15-19H2,1-2H3/b23-11+,24-12+. The van der Waals surface area contributed by atoms with Crippen molar-refractivity contribution in [2.24, 2.45) is 0 Å². The Morgan fingerprint density at radius 2 is 1.28 bits per heavy atom. The number of halogens is 3. The Labute approximate surface area is 250 Å². The van der Waals surface area contributed by atoms with E-state index in [2.05, 4.69) is 36.8 Å². The quantitative estimate of drug-likeness (QED) is 0.165. The van der Waals surface area contributed by atoms with E-state index in [1.807, 2.05) is 72.8 Å². The van der Waals surface area contributed by atoms with Gasteiger partial charge in [0.05, 0.1) is 8.95 Å². The van der Waals surface area contributed by atoms with Gasteiger partial charge >= 0.3 is 0 Å². The van der Waals surface area contributed by atoms with Crippen LogP contribution < -0.4 is 9.47 Å². The van der Waals surface area contributed by atoms with Crippen molar-refractivity contribution in [2.75, 3.05) is 40.9 Å². The lowest BCUT2D eigenvalue weighted by molar-refractivity contribution is -0.113. The van der Waals surface area contributed by atoms with E-state index in [4.69, 9.17) is 30.5 Å². The van der Waals surface area contributed by atoms with Crippen molar-refractivity contribution in [3.05, 3.63) is 102 Å². The molecule has 1 aliphatic rings. The van der Waals surface area contributed by atoms with Crippen LogP contribution in [-0.2, 0) is 20.8 Å². The lowest BCUT2D eigenvalue weighted by Crippen LogP contribution is -2.37. The molecule has 4 rings (SSSR count). The molecule has 0 N–H and O–H groups in total. The number of nitrogens with zero attached hydrogens (tertiary/aromatic N) is 1. The zero-order valence-electron chi connectivity index (χ0n) is 21.6. The molecule has 204 valence electrons. The van der Waals surface area contributed by atoms with Gasteiger partial charge in [-0.1, -0.05) is 35.9 Å². The molecule has 1 fully saturated rings. The van der Waals surface area contributed by atoms with Crippen LogP contribution in [-0.4, -0.2) is 51.6 Å². The number of rotatable bonds is 10. The summed E-state index contributed by atoms with van der Waals surface area (Å²) in [7, 11) is 3.15. The van der Waals surface area contributed by atoms with Crippen LogP contribution in [0.15, 0.2) is 80.8 Å². The first kappa shape index (κ1) is 29.5. The van der Waals surface area contributed by atoms with Crippen molar-refractivity contribution in [1.82, 2.24) is 4.90 Å². The van der Waals surface area contributed by atoms with Crippen LogP contribution in [0.1, 0.15) is 16.7 Å². The first-order valence-corrected chi connectivity index (χ1v) is 14.1. The van der Waals surface area contributed by atoms with Gasteiger partial charge in [-0.2, -0.15) is 0 Å². The third-order valence-corrected chi connectivity index (χ3v) is 7.44. The van der Waals surface area contributed by atoms with Crippen molar-refractivity contribution < 1.29 is 23.7 Å². The van der Waals surface area contributed by atoms with Gasteiger partial charge in [-0.25, -0.2) is 0 Å². The molecule has 0 saturated carbocycles. The Morgan fingerprint density at radius 3 is 1.72 bits per heavy atom. The van der Waals surface area contributed by atoms with Crippen LogP contribution in [0.25, 0.3) is 12.2 Å². The summed E-state index contributed by atoms with van der Waals surface area (Å²) in [6.07, 6.45) is 3.87. The normalized spacial score (nSPS) is 16.2. The number of hydrogen-bond acceptors (Lipinski definition) is 6. The zero-order chi connectivity index (χ0) is 27.8. The van der Waals surface area contributed by atoms with E-state index in [9.17, 15) is 4.79 Å². The second kappa shape index (κ2) is 14.3. The van der Waals surface area contributed by atoms with Gasteiger partial charge in [0, 0.05) is 50.0 Å². The molecular formula is C30H28Br2ClNO5. The highest BCUT2D eigenvalue weighted by molar-refractivity contribution is 9.10. The molecule has 6 nitrogen and oxygen atoms in total. The van der Waals surface area contributed by atoms with Crippen molar-refractivity contribution in [3.63, 3.8) is 0 Å². The second-order valence-electron chi connectivity index (χ2n) is 8.92. The van der Waals surface area contributed by atoms with E-state index in [0.717, 1.165) is 25.6 Å². The largest absolute Gasteiger partial charge is 0.466 e. The predicted molar refractivity (Wildman–Crippen MR) is 161 cm³/mol. The third-order valence-electron chi connectivity index (χ3n) is 5.95. The van der Waals surface area contributed by atoms with Crippen LogP contribution in [0.3, 0.4) is 0 Å². The SMILES string of the molecule is COCOc1ccc(/C=C2\CN(Cc3ccc(Cl)cc3)C/C(=C\c3ccc(OCOC)c(Br)c3)C2=O)cc1Br. The van der Waals surface area contributed by atoms with E-state index in [1.54, 1.807) is 14.2 Å². The fraction of sp³-hybridized carbons (Fsp3) is 0.233. The van der Waals surface area contributed by atoms with E-state index < -0.39 is 0 Å². The molecule has 0 amide bonds. The summed E-state index contributed by atoms with van der Waals surface area (Å²) in [6.45, 7) is 2.03. The topological polar surface area (TPSA) is 57.2 Å². The van der Waals surface area contributed by atoms with Gasteiger partial charge in [0.2, 0.25) is 0 Å². The molecule has 0 aliphatic carbocycles. The number of benzene rings is 3. The van der Waals surface area contributed by atoms with Crippen LogP contribution in [0.2, 0.25) is 5.02 Å². The molecule has 0 spiro atoms. The number of piperidine rings is 1. The van der Waals surface area contributed by atoms with Crippen LogP contribution in [0, 0.1) is 0 Å². The highest BCUT2D eigenvalue weighted by Crippen LogP contribution is 2.31. The third kappa shape index (κ3) is 8.27. The van der Waals surface area contributed by atoms with Gasteiger partial charge < -0.3 is 18.9 Å². The van der Waals surface area contributed by atoms with Crippen molar-refractivity contribution in [2.45, 2.75) is 6.54 Å². The maximum Gasteiger partial charge on any atom is 0.188 e. The monoisotopic (exact) mass is 675 g/mol. The molecule has 3 aromatic rings. The molecule has 1 aliphatic heterocycles. The molecule has 9 heteroatoms. The Morgan fingerprint density at radius 1 is 0.795 bits per heavy atom. The Kier molecular flexibility index (Phi) is 10.8. The van der Waals surface area contributed by atoms with Gasteiger partial charge in [0.25, 0.3) is 0 Å². The molecular weight excluding hydrogens is 650 g/mol. The molecule has 0 atom stereocenters. The van der Waals surface area contributed by atoms with Gasteiger partial charge in [0.15, 0.2) is 19.4 Å². The summed E-state index contributed by atoms with van der Waals surface area (Å²) in [4.78, 5) is 15.9. The fourth-order valence-electron chi connectivity index (χ4n) is 4.16. The van der Waals surface area contributed by atoms with Gasteiger partial charge in [-0.05, 0) is 97.1 Å². The molecule has 39 heavy (non-hydrogen) atoms. The van der Waals surface area contributed by atoms with Crippen molar-refractivity contribution >= 4 is 61.4 Å². The summed E-state index contributed by atoms with van der Waals surface area (Å²) in [5.41, 5.74) is 4.32. The Bertz CT molecular complexity index is 1290. The number of carbonyl (C=O) groups is 1. The summed E-state index contributed by atoms with van der Waals surface area (Å²) >= 11 is 13.2. The summed E-state index contributed by atoms with van der Waals surface area (Å²) in [5.74, 6) is 1.36. The highest BCUT2D eigenvalue weighted by Gasteiger charge is 2.26. The lowest BCUT2D eigenvalue weighted by atomic mass is 9.94. The van der Waals surface area contributed by atoms with Crippen molar-refractivity contribution in [3.8, 4) is 11.5 Å². The van der Waals surface area contributed by atoms with Crippen molar-refractivity contribution in [1.29, 1.82) is 0 Å². The lowest BCUT2D eigenvalue weighted by Gasteiger charge is -2.30. The molecule has 0 unspecified atom stereocenters. The average Bonchev–Trinajstić information content (AvgIpc) is 2.91. The number of carbonyl (C=O) groups excluding carboxylic acids is 1. The number of Topliss-reactive ketones (excluding diaryl/α,β-unsaturated/α-hetero) is 1. The van der Waals surface area contributed by atoms with E-state index in [-0.39, 0.29) is 19.4 Å². The summed E-state index contributed by atoms with van der Waals surface area (Å²) < 4.78 is 22.7. The first-order valence-electron chi connectivity index (χ1n) is 12.1. The minimum Gasteiger partial charge on any atom is -0.466 e. The number of methoxy groups -OCH3 is 2. The maximum atomic E-state index is 13.7. The molecule has 0 bridgehead atoms. The number of ether oxygens (including phenoxy) is 4. The molecule has 1 saturated heterocycles. The minimum atomic E-state index is 0.0222. The number of ketones is 1. The highest BCUT2D eigenvalue weighted by atomic mass is 79.9. The second-order valence-corrected chi connectivity index (χ2v) is 11.1. The molecule has 1 heterocycles. The smallest absolute Gasteiger partial charge is 0.188 e. The molecule has 0 radical (unpaired) electrons. The Hall–Kier alpha value is -2.46. The van der Waals surface area contributed by atoms with E-state index >= 15 is 0 Å². The molecule has 0 aromatic heterocycles. The molecule has 3 aromatic carbocycles. The fourth-order valence-corrected chi connectivity index (χ4v) is 5.31.